The van der Waals surface area contributed by atoms with Crippen LogP contribution in [-0.2, 0) is 20.1 Å². The number of nitrogens with zero attached hydrogens (tertiary/aromatic N) is 2. The van der Waals surface area contributed by atoms with Gasteiger partial charge in [0.1, 0.15) is 11.3 Å². The minimum atomic E-state index is -0.806. The Balaban J connectivity index is 1.69. The monoisotopic (exact) mass is 365 g/mol. The highest BCUT2D eigenvalue weighted by Crippen LogP contribution is 2.27. The third kappa shape index (κ3) is 5.49. The van der Waals surface area contributed by atoms with Crippen LogP contribution in [0.5, 0.6) is 0 Å². The lowest BCUT2D eigenvalue weighted by Gasteiger charge is -2.31. The Morgan fingerprint density at radius 3 is 2.68 bits per heavy atom. The van der Waals surface area contributed by atoms with Crippen LogP contribution in [0.25, 0.3) is 0 Å². The molecule has 25 heavy (non-hydrogen) atoms. The Kier molecular flexibility index (Phi) is 6.88. The van der Waals surface area contributed by atoms with Crippen LogP contribution in [0.3, 0.4) is 0 Å². The fourth-order valence-corrected chi connectivity index (χ4v) is 3.82. The van der Waals surface area contributed by atoms with Crippen LogP contribution in [0.15, 0.2) is 4.52 Å². The first-order chi connectivity index (χ1) is 12.0. The van der Waals surface area contributed by atoms with Gasteiger partial charge in [-0.25, -0.2) is 0 Å². The number of nitrogens with one attached hydrogen (secondary N) is 1. The highest BCUT2D eigenvalue weighted by atomic mass is 32.2. The molecule has 0 radical (unpaired) electrons. The number of ether oxygens (including phenoxy) is 1. The van der Waals surface area contributed by atoms with Crippen molar-refractivity contribution in [3.63, 3.8) is 0 Å². The van der Waals surface area contributed by atoms with Gasteiger partial charge in [-0.05, 0) is 26.7 Å². The van der Waals surface area contributed by atoms with Crippen molar-refractivity contribution in [2.75, 3.05) is 12.4 Å². The van der Waals surface area contributed by atoms with E-state index in [1.54, 1.807) is 0 Å². The molecule has 1 fully saturated rings. The molecule has 1 heterocycles. The molecule has 7 nitrogen and oxygen atoms in total. The molecule has 1 N–H and O–H groups in total. The summed E-state index contributed by atoms with van der Waals surface area (Å²) in [6.07, 6.45) is 4.22. The van der Waals surface area contributed by atoms with E-state index in [1.165, 1.54) is 11.8 Å². The molecule has 1 aliphatic carbocycles. The molecular weight excluding hydrogens is 342 g/mol. The molecule has 136 valence electrons. The van der Waals surface area contributed by atoms with Crippen molar-refractivity contribution < 1.29 is 18.8 Å². The summed E-state index contributed by atoms with van der Waals surface area (Å²) >= 11 is 1.38. The summed E-state index contributed by atoms with van der Waals surface area (Å²) in [5, 5.41) is 15.9. The number of thioether (sulfide) groups is 1. The van der Waals surface area contributed by atoms with Crippen LogP contribution in [0, 0.1) is 25.2 Å². The topological polar surface area (TPSA) is 105 Å². The highest BCUT2D eigenvalue weighted by molar-refractivity contribution is 7.99. The minimum absolute atomic E-state index is 0.140. The number of nitriles is 1. The van der Waals surface area contributed by atoms with E-state index in [4.69, 9.17) is 9.26 Å². The Bertz CT molecular complexity index is 640. The van der Waals surface area contributed by atoms with Crippen molar-refractivity contribution >= 4 is 23.6 Å². The zero-order valence-electron chi connectivity index (χ0n) is 14.6. The summed E-state index contributed by atoms with van der Waals surface area (Å²) in [5.41, 5.74) is 0.982. The van der Waals surface area contributed by atoms with Crippen LogP contribution in [0.4, 0.5) is 0 Å². The molecule has 0 atom stereocenters. The largest absolute Gasteiger partial charge is 0.455 e. The fraction of sp³-hybridized carbons (Fsp3) is 0.647. The van der Waals surface area contributed by atoms with Crippen molar-refractivity contribution in [1.29, 1.82) is 5.26 Å². The van der Waals surface area contributed by atoms with Crippen LogP contribution in [0.2, 0.25) is 0 Å². The number of amides is 1. The van der Waals surface area contributed by atoms with Gasteiger partial charge in [-0.2, -0.15) is 5.26 Å². The second kappa shape index (κ2) is 8.90. The number of hydrogen-bond donors (Lipinski definition) is 1. The lowest BCUT2D eigenvalue weighted by molar-refractivity contribution is -0.146. The predicted octanol–water partition coefficient (Wildman–Crippen LogP) is 2.41. The number of carbonyl (C=O) groups is 2. The summed E-state index contributed by atoms with van der Waals surface area (Å²) in [6, 6.07) is 2.21. The third-order valence-electron chi connectivity index (χ3n) is 4.31. The van der Waals surface area contributed by atoms with Crippen molar-refractivity contribution in [3.05, 3.63) is 17.0 Å². The van der Waals surface area contributed by atoms with Gasteiger partial charge in [0, 0.05) is 11.3 Å². The second-order valence-electron chi connectivity index (χ2n) is 6.26. The van der Waals surface area contributed by atoms with E-state index in [-0.39, 0.29) is 12.4 Å². The maximum Gasteiger partial charge on any atom is 0.316 e. The summed E-state index contributed by atoms with van der Waals surface area (Å²) in [4.78, 5) is 23.7. The molecule has 0 unspecified atom stereocenters. The van der Waals surface area contributed by atoms with E-state index < -0.39 is 17.4 Å². The fourth-order valence-electron chi connectivity index (χ4n) is 2.86. The summed E-state index contributed by atoms with van der Waals surface area (Å²) in [6.45, 7) is 3.33. The van der Waals surface area contributed by atoms with E-state index >= 15 is 0 Å². The first-order valence-corrected chi connectivity index (χ1v) is 9.48. The van der Waals surface area contributed by atoms with Gasteiger partial charge in [-0.15, -0.1) is 11.8 Å². The van der Waals surface area contributed by atoms with Crippen LogP contribution in [0.1, 0.15) is 49.1 Å². The van der Waals surface area contributed by atoms with E-state index in [1.807, 2.05) is 13.8 Å². The standard InChI is InChI=1S/C17H23N3O4S/c1-12-14(13(2)24-20-12)9-25-10-16(22)23-8-15(21)19-17(11-18)6-4-3-5-7-17/h3-10H2,1-2H3,(H,19,21). The molecule has 0 spiro atoms. The number of aryl methyl sites for hydroxylation is 2. The molecule has 1 aromatic rings. The number of rotatable bonds is 7. The van der Waals surface area contributed by atoms with Gasteiger partial charge < -0.3 is 14.6 Å². The van der Waals surface area contributed by atoms with E-state index in [2.05, 4.69) is 16.5 Å². The van der Waals surface area contributed by atoms with E-state index in [9.17, 15) is 14.9 Å². The molecule has 0 aliphatic heterocycles. The quantitative estimate of drug-likeness (QED) is 0.740. The summed E-state index contributed by atoms with van der Waals surface area (Å²) in [7, 11) is 0. The molecule has 1 saturated carbocycles. The van der Waals surface area contributed by atoms with Gasteiger partial charge in [0.05, 0.1) is 17.5 Å². The minimum Gasteiger partial charge on any atom is -0.455 e. The molecule has 1 aliphatic rings. The average Bonchev–Trinajstić information content (AvgIpc) is 2.92. The van der Waals surface area contributed by atoms with Gasteiger partial charge in [-0.1, -0.05) is 24.4 Å². The molecule has 8 heteroatoms. The van der Waals surface area contributed by atoms with Crippen LogP contribution < -0.4 is 5.32 Å². The molecule has 0 saturated heterocycles. The number of carbonyl (C=O) groups excluding carboxylic acids is 2. The predicted molar refractivity (Wildman–Crippen MR) is 92.7 cm³/mol. The van der Waals surface area contributed by atoms with Gasteiger partial charge in [0.15, 0.2) is 6.61 Å². The molecule has 1 aromatic heterocycles. The van der Waals surface area contributed by atoms with Gasteiger partial charge in [-0.3, -0.25) is 9.59 Å². The second-order valence-corrected chi connectivity index (χ2v) is 7.24. The van der Waals surface area contributed by atoms with Crippen molar-refractivity contribution in [3.8, 4) is 6.07 Å². The molecular formula is C17H23N3O4S. The first kappa shape index (κ1) is 19.3. The zero-order chi connectivity index (χ0) is 18.3. The Labute approximate surface area is 151 Å². The molecule has 0 aromatic carbocycles. The SMILES string of the molecule is Cc1noc(C)c1CSCC(=O)OCC(=O)NC1(C#N)CCCCC1. The number of aromatic nitrogens is 1. The average molecular weight is 365 g/mol. The van der Waals surface area contributed by atoms with Crippen molar-refractivity contribution in [1.82, 2.24) is 10.5 Å². The lowest BCUT2D eigenvalue weighted by atomic mass is 9.83. The van der Waals surface area contributed by atoms with Gasteiger partial charge in [0.2, 0.25) is 0 Å². The molecule has 1 amide bonds. The summed E-state index contributed by atoms with van der Waals surface area (Å²) < 4.78 is 10.1. The normalized spacial score (nSPS) is 16.0. The molecule has 2 rings (SSSR count). The lowest BCUT2D eigenvalue weighted by Crippen LogP contribution is -2.50. The maximum atomic E-state index is 12.0. The van der Waals surface area contributed by atoms with Crippen molar-refractivity contribution in [2.24, 2.45) is 0 Å². The van der Waals surface area contributed by atoms with E-state index in [0.29, 0.717) is 18.6 Å². The zero-order valence-corrected chi connectivity index (χ0v) is 15.4. The number of esters is 1. The van der Waals surface area contributed by atoms with Crippen molar-refractivity contribution in [2.45, 2.75) is 57.2 Å². The van der Waals surface area contributed by atoms with E-state index in [0.717, 1.165) is 36.3 Å². The van der Waals surface area contributed by atoms with Gasteiger partial charge in [0.25, 0.3) is 5.91 Å². The third-order valence-corrected chi connectivity index (χ3v) is 5.24. The first-order valence-electron chi connectivity index (χ1n) is 8.33. The number of hydrogen-bond acceptors (Lipinski definition) is 7. The maximum absolute atomic E-state index is 12.0. The van der Waals surface area contributed by atoms with Crippen LogP contribution in [-0.4, -0.2) is 34.9 Å². The molecule has 0 bridgehead atoms. The van der Waals surface area contributed by atoms with Gasteiger partial charge >= 0.3 is 5.97 Å². The highest BCUT2D eigenvalue weighted by Gasteiger charge is 2.33. The smallest absolute Gasteiger partial charge is 0.316 e. The summed E-state index contributed by atoms with van der Waals surface area (Å²) in [5.74, 6) is 0.599. The van der Waals surface area contributed by atoms with Crippen LogP contribution >= 0.6 is 11.8 Å². The Morgan fingerprint density at radius 1 is 1.36 bits per heavy atom. The Hall–Kier alpha value is -2.01. The Morgan fingerprint density at radius 2 is 2.08 bits per heavy atom.